The molecular formula is C19H23N3O2. The van der Waals surface area contributed by atoms with E-state index < -0.39 is 0 Å². The predicted octanol–water partition coefficient (Wildman–Crippen LogP) is 2.08. The van der Waals surface area contributed by atoms with Gasteiger partial charge in [0.2, 0.25) is 5.91 Å². The van der Waals surface area contributed by atoms with E-state index in [2.05, 4.69) is 40.3 Å². The number of nitrogens with zero attached hydrogens (tertiary/aromatic N) is 2. The number of amides is 1. The zero-order chi connectivity index (χ0) is 16.8. The van der Waals surface area contributed by atoms with Gasteiger partial charge in [0.25, 0.3) is 0 Å². The maximum absolute atomic E-state index is 12.2. The first-order chi connectivity index (χ1) is 11.7. The fourth-order valence-corrected chi connectivity index (χ4v) is 2.87. The second kappa shape index (κ2) is 8.04. The number of pyridine rings is 1. The zero-order valence-electron chi connectivity index (χ0n) is 13.9. The molecule has 2 aromatic rings. The van der Waals surface area contributed by atoms with Gasteiger partial charge in [-0.05, 0) is 24.6 Å². The molecule has 1 N–H and O–H groups in total. The molecule has 1 saturated heterocycles. The zero-order valence-corrected chi connectivity index (χ0v) is 13.9. The molecule has 0 saturated carbocycles. The average Bonchev–Trinajstić information content (AvgIpc) is 2.61. The third-order valence-electron chi connectivity index (χ3n) is 4.12. The second-order valence-electron chi connectivity index (χ2n) is 6.11. The molecule has 1 aliphatic heterocycles. The Bertz CT molecular complexity index is 675. The van der Waals surface area contributed by atoms with Crippen LogP contribution in [0.1, 0.15) is 22.9 Å². The number of aryl methyl sites for hydroxylation is 1. The van der Waals surface area contributed by atoms with Crippen LogP contribution in [-0.2, 0) is 16.1 Å². The molecule has 0 aliphatic carbocycles. The summed E-state index contributed by atoms with van der Waals surface area (Å²) in [6.45, 7) is 5.09. The van der Waals surface area contributed by atoms with Gasteiger partial charge in [-0.25, -0.2) is 0 Å². The molecule has 1 unspecified atom stereocenters. The normalized spacial score (nSPS) is 18.3. The van der Waals surface area contributed by atoms with Crippen LogP contribution in [-0.4, -0.2) is 42.0 Å². The van der Waals surface area contributed by atoms with E-state index in [1.54, 1.807) is 6.20 Å². The summed E-state index contributed by atoms with van der Waals surface area (Å²) in [6.07, 6.45) is 1.76. The van der Waals surface area contributed by atoms with Gasteiger partial charge in [0.05, 0.1) is 31.5 Å². The molecule has 5 nitrogen and oxygen atoms in total. The van der Waals surface area contributed by atoms with E-state index in [1.165, 1.54) is 11.1 Å². The van der Waals surface area contributed by atoms with Crippen molar-refractivity contribution in [1.82, 2.24) is 15.2 Å². The third-order valence-corrected chi connectivity index (χ3v) is 4.12. The van der Waals surface area contributed by atoms with Crippen molar-refractivity contribution in [2.45, 2.75) is 19.6 Å². The Hall–Kier alpha value is -2.24. The molecule has 1 atom stereocenters. The molecule has 1 amide bonds. The monoisotopic (exact) mass is 325 g/mol. The summed E-state index contributed by atoms with van der Waals surface area (Å²) >= 11 is 0. The SMILES string of the molecule is Cc1cccc(C2CN(CC(=O)NCc3ccccn3)CCO2)c1. The number of aromatic nitrogens is 1. The molecule has 0 bridgehead atoms. The van der Waals surface area contributed by atoms with Gasteiger partial charge in [0.1, 0.15) is 0 Å². The number of morpholine rings is 1. The first-order valence-electron chi connectivity index (χ1n) is 8.28. The van der Waals surface area contributed by atoms with Crippen molar-refractivity contribution in [1.29, 1.82) is 0 Å². The number of carbonyl (C=O) groups is 1. The molecule has 1 aromatic heterocycles. The highest BCUT2D eigenvalue weighted by atomic mass is 16.5. The van der Waals surface area contributed by atoms with Gasteiger partial charge in [-0.1, -0.05) is 35.9 Å². The third kappa shape index (κ3) is 4.63. The number of ether oxygens (including phenoxy) is 1. The lowest BCUT2D eigenvalue weighted by Crippen LogP contribution is -2.44. The van der Waals surface area contributed by atoms with Crippen molar-refractivity contribution in [2.24, 2.45) is 0 Å². The number of hydrogen-bond donors (Lipinski definition) is 1. The van der Waals surface area contributed by atoms with Crippen LogP contribution in [0.15, 0.2) is 48.7 Å². The van der Waals surface area contributed by atoms with E-state index >= 15 is 0 Å². The molecule has 1 aromatic carbocycles. The Morgan fingerprint density at radius 1 is 1.33 bits per heavy atom. The van der Waals surface area contributed by atoms with Crippen molar-refractivity contribution < 1.29 is 9.53 Å². The number of carbonyl (C=O) groups excluding carboxylic acids is 1. The van der Waals surface area contributed by atoms with Gasteiger partial charge in [-0.2, -0.15) is 0 Å². The van der Waals surface area contributed by atoms with Crippen molar-refractivity contribution in [3.63, 3.8) is 0 Å². The maximum atomic E-state index is 12.2. The van der Waals surface area contributed by atoms with Crippen LogP contribution in [0.4, 0.5) is 0 Å². The Labute approximate surface area is 142 Å². The molecule has 2 heterocycles. The second-order valence-corrected chi connectivity index (χ2v) is 6.11. The van der Waals surface area contributed by atoms with Crippen LogP contribution in [0.2, 0.25) is 0 Å². The number of benzene rings is 1. The largest absolute Gasteiger partial charge is 0.371 e. The Kier molecular flexibility index (Phi) is 5.56. The smallest absolute Gasteiger partial charge is 0.234 e. The van der Waals surface area contributed by atoms with E-state index in [1.807, 2.05) is 24.3 Å². The summed E-state index contributed by atoms with van der Waals surface area (Å²) < 4.78 is 5.88. The van der Waals surface area contributed by atoms with Crippen molar-refractivity contribution in [2.75, 3.05) is 26.2 Å². The molecule has 24 heavy (non-hydrogen) atoms. The highest BCUT2D eigenvalue weighted by molar-refractivity contribution is 5.77. The van der Waals surface area contributed by atoms with Crippen molar-refractivity contribution in [3.05, 3.63) is 65.5 Å². The number of hydrogen-bond acceptors (Lipinski definition) is 4. The standard InChI is InChI=1S/C19H23N3O2/c1-15-5-4-6-16(11-15)18-13-22(9-10-24-18)14-19(23)21-12-17-7-2-3-8-20-17/h2-8,11,18H,9-10,12-14H2,1H3,(H,21,23). The lowest BCUT2D eigenvalue weighted by Gasteiger charge is -2.32. The molecule has 126 valence electrons. The van der Waals surface area contributed by atoms with E-state index in [-0.39, 0.29) is 12.0 Å². The summed E-state index contributed by atoms with van der Waals surface area (Å²) in [7, 11) is 0. The van der Waals surface area contributed by atoms with Crippen LogP contribution >= 0.6 is 0 Å². The summed E-state index contributed by atoms with van der Waals surface area (Å²) in [6, 6.07) is 14.1. The minimum Gasteiger partial charge on any atom is -0.371 e. The van der Waals surface area contributed by atoms with Crippen molar-refractivity contribution in [3.8, 4) is 0 Å². The molecule has 3 rings (SSSR count). The molecule has 0 spiro atoms. The molecule has 1 fully saturated rings. The molecule has 0 radical (unpaired) electrons. The highest BCUT2D eigenvalue weighted by Gasteiger charge is 2.23. The van der Waals surface area contributed by atoms with Crippen LogP contribution in [0, 0.1) is 6.92 Å². The molecule has 5 heteroatoms. The fraction of sp³-hybridized carbons (Fsp3) is 0.368. The lowest BCUT2D eigenvalue weighted by molar-refractivity contribution is -0.124. The highest BCUT2D eigenvalue weighted by Crippen LogP contribution is 2.22. The first-order valence-corrected chi connectivity index (χ1v) is 8.28. The lowest BCUT2D eigenvalue weighted by atomic mass is 10.1. The van der Waals surface area contributed by atoms with E-state index in [4.69, 9.17) is 4.74 Å². The van der Waals surface area contributed by atoms with Crippen LogP contribution in [0.5, 0.6) is 0 Å². The van der Waals surface area contributed by atoms with Gasteiger partial charge < -0.3 is 10.1 Å². The first kappa shape index (κ1) is 16.6. The van der Waals surface area contributed by atoms with Gasteiger partial charge in [0, 0.05) is 19.3 Å². The molecule has 1 aliphatic rings. The molecular weight excluding hydrogens is 302 g/mol. The summed E-state index contributed by atoms with van der Waals surface area (Å²) in [5, 5.41) is 2.93. The summed E-state index contributed by atoms with van der Waals surface area (Å²) in [5.41, 5.74) is 3.26. The van der Waals surface area contributed by atoms with Crippen molar-refractivity contribution >= 4 is 5.91 Å². The van der Waals surface area contributed by atoms with Crippen LogP contribution < -0.4 is 5.32 Å². The quantitative estimate of drug-likeness (QED) is 0.914. The van der Waals surface area contributed by atoms with Gasteiger partial charge in [0.15, 0.2) is 0 Å². The minimum atomic E-state index is 0.0190. The average molecular weight is 325 g/mol. The minimum absolute atomic E-state index is 0.0190. The topological polar surface area (TPSA) is 54.5 Å². The van der Waals surface area contributed by atoms with Gasteiger partial charge in [-0.3, -0.25) is 14.7 Å². The Morgan fingerprint density at radius 2 is 2.25 bits per heavy atom. The summed E-state index contributed by atoms with van der Waals surface area (Å²) in [4.78, 5) is 18.5. The van der Waals surface area contributed by atoms with E-state index in [0.29, 0.717) is 19.7 Å². The summed E-state index contributed by atoms with van der Waals surface area (Å²) in [5.74, 6) is 0.0190. The number of rotatable bonds is 5. The number of nitrogens with one attached hydrogen (secondary N) is 1. The fourth-order valence-electron chi connectivity index (χ4n) is 2.87. The Balaban J connectivity index is 1.50. The van der Waals surface area contributed by atoms with Crippen LogP contribution in [0.25, 0.3) is 0 Å². The van der Waals surface area contributed by atoms with Gasteiger partial charge in [-0.15, -0.1) is 0 Å². The predicted molar refractivity (Wildman–Crippen MR) is 92.4 cm³/mol. The maximum Gasteiger partial charge on any atom is 0.234 e. The van der Waals surface area contributed by atoms with E-state index in [0.717, 1.165) is 18.8 Å². The Morgan fingerprint density at radius 3 is 3.04 bits per heavy atom. The van der Waals surface area contributed by atoms with Crippen LogP contribution in [0.3, 0.4) is 0 Å². The van der Waals surface area contributed by atoms with E-state index in [9.17, 15) is 4.79 Å². The van der Waals surface area contributed by atoms with Gasteiger partial charge >= 0.3 is 0 Å².